The van der Waals surface area contributed by atoms with Crippen LogP contribution in [0.3, 0.4) is 0 Å². The van der Waals surface area contributed by atoms with Gasteiger partial charge in [-0.1, -0.05) is 12.1 Å². The van der Waals surface area contributed by atoms with Gasteiger partial charge in [0.05, 0.1) is 28.4 Å². The van der Waals surface area contributed by atoms with E-state index >= 15 is 0 Å². The average molecular weight is 661 g/mol. The van der Waals surface area contributed by atoms with E-state index in [4.69, 9.17) is 4.74 Å². The van der Waals surface area contributed by atoms with E-state index < -0.39 is 5.41 Å². The van der Waals surface area contributed by atoms with Crippen LogP contribution in [0.15, 0.2) is 65.0 Å². The number of methoxy groups -OCH3 is 1. The van der Waals surface area contributed by atoms with Crippen LogP contribution in [0.4, 0.5) is 11.4 Å². The number of hydrogen-bond acceptors (Lipinski definition) is 7. The monoisotopic (exact) mass is 659 g/mol. The van der Waals surface area contributed by atoms with Crippen molar-refractivity contribution in [2.24, 2.45) is 5.41 Å². The quantitative estimate of drug-likeness (QED) is 0.209. The smallest absolute Gasteiger partial charge is 0.268 e. The summed E-state index contributed by atoms with van der Waals surface area (Å²) in [4.78, 5) is 49.9. The highest BCUT2D eigenvalue weighted by Gasteiger charge is 2.45. The van der Waals surface area contributed by atoms with Gasteiger partial charge in [0.2, 0.25) is 11.8 Å². The summed E-state index contributed by atoms with van der Waals surface area (Å²) in [6.45, 7) is 8.45. The summed E-state index contributed by atoms with van der Waals surface area (Å²) < 4.78 is 7.92. The molecule has 4 heterocycles. The van der Waals surface area contributed by atoms with Gasteiger partial charge in [0.1, 0.15) is 5.41 Å². The molecule has 44 heavy (non-hydrogen) atoms. The van der Waals surface area contributed by atoms with Crippen LogP contribution in [0.2, 0.25) is 0 Å². The Hall–Kier alpha value is -3.28. The van der Waals surface area contributed by atoms with Crippen LogP contribution in [0.1, 0.15) is 37.6 Å². The Morgan fingerprint density at radius 1 is 1.00 bits per heavy atom. The highest BCUT2D eigenvalue weighted by Crippen LogP contribution is 2.39. The minimum atomic E-state index is -1.16. The first-order chi connectivity index (χ1) is 20.1. The maximum atomic E-state index is 13.4. The molecule has 9 nitrogen and oxygen atoms in total. The number of anilines is 2. The standard InChI is InChI=1S/C32H37N5O4S.2ClH/c1-6-37-26-10-9-22(18-27(26)34(4)30(39)32(2,3)31(37)40)19-35(20-24-8-7-13-33-25(24)21-41-5)15-16-36-14-11-23-12-17-42-28(23)29(36)38;;/h7-14,17-18H,6,15-16,19-21H2,1-5H3;2*1H. The number of hydrogen-bond donors (Lipinski definition) is 0. The van der Waals surface area contributed by atoms with Crippen LogP contribution in [0.25, 0.3) is 10.1 Å². The van der Waals surface area contributed by atoms with Crippen LogP contribution < -0.4 is 15.4 Å². The summed E-state index contributed by atoms with van der Waals surface area (Å²) in [5.41, 5.74) is 3.20. The van der Waals surface area contributed by atoms with Crippen molar-refractivity contribution in [1.29, 1.82) is 0 Å². The van der Waals surface area contributed by atoms with Crippen LogP contribution in [-0.4, -0.2) is 53.5 Å². The molecule has 0 radical (unpaired) electrons. The van der Waals surface area contributed by atoms with E-state index in [0.29, 0.717) is 45.0 Å². The molecular formula is C32H39Cl2N5O4S. The maximum Gasteiger partial charge on any atom is 0.268 e. The molecule has 1 aliphatic heterocycles. The van der Waals surface area contributed by atoms with Gasteiger partial charge in [0.25, 0.3) is 5.56 Å². The Bertz CT molecular complexity index is 1690. The highest BCUT2D eigenvalue weighted by molar-refractivity contribution is 7.17. The average Bonchev–Trinajstić information content (AvgIpc) is 3.46. The van der Waals surface area contributed by atoms with Crippen LogP contribution in [0, 0.1) is 5.41 Å². The van der Waals surface area contributed by atoms with E-state index in [9.17, 15) is 14.4 Å². The third-order valence-corrected chi connectivity index (χ3v) is 8.85. The topological polar surface area (TPSA) is 88.0 Å². The minimum Gasteiger partial charge on any atom is -0.378 e. The van der Waals surface area contributed by atoms with Gasteiger partial charge in [-0.05, 0) is 73.0 Å². The largest absolute Gasteiger partial charge is 0.378 e. The lowest BCUT2D eigenvalue weighted by Gasteiger charge is -2.27. The lowest BCUT2D eigenvalue weighted by Crippen LogP contribution is -2.47. The minimum absolute atomic E-state index is 0. The summed E-state index contributed by atoms with van der Waals surface area (Å²) in [6.07, 6.45) is 3.62. The van der Waals surface area contributed by atoms with E-state index in [0.717, 1.165) is 32.6 Å². The van der Waals surface area contributed by atoms with Crippen LogP contribution in [0.5, 0.6) is 0 Å². The third kappa shape index (κ3) is 6.84. The van der Waals surface area contributed by atoms with Crippen molar-refractivity contribution in [2.75, 3.05) is 37.0 Å². The fourth-order valence-corrected chi connectivity index (χ4v) is 6.40. The Labute approximate surface area is 274 Å². The Morgan fingerprint density at radius 3 is 2.50 bits per heavy atom. The molecule has 2 amide bonds. The normalized spacial score (nSPS) is 14.3. The van der Waals surface area contributed by atoms with Crippen molar-refractivity contribution in [3.8, 4) is 0 Å². The highest BCUT2D eigenvalue weighted by atomic mass is 35.5. The molecule has 0 fully saturated rings. The number of benzene rings is 1. The molecule has 0 aliphatic carbocycles. The molecule has 0 bridgehead atoms. The molecule has 0 saturated heterocycles. The summed E-state index contributed by atoms with van der Waals surface area (Å²) in [5.74, 6) is -0.438. The van der Waals surface area contributed by atoms with Crippen molar-refractivity contribution < 1.29 is 14.3 Å². The zero-order chi connectivity index (χ0) is 30.0. The van der Waals surface area contributed by atoms with Gasteiger partial charge in [-0.3, -0.25) is 24.3 Å². The van der Waals surface area contributed by atoms with E-state index in [1.54, 1.807) is 48.6 Å². The number of pyridine rings is 2. The number of carbonyl (C=O) groups is 2. The Kier molecular flexibility index (Phi) is 11.7. The van der Waals surface area contributed by atoms with Crippen molar-refractivity contribution >= 4 is 69.4 Å². The molecule has 0 saturated carbocycles. The number of ether oxygens (including phenoxy) is 1. The van der Waals surface area contributed by atoms with Crippen molar-refractivity contribution in [3.63, 3.8) is 0 Å². The molecule has 12 heteroatoms. The fourth-order valence-electron chi connectivity index (χ4n) is 5.56. The van der Waals surface area contributed by atoms with Gasteiger partial charge < -0.3 is 19.1 Å². The van der Waals surface area contributed by atoms with Gasteiger partial charge >= 0.3 is 0 Å². The first-order valence-electron chi connectivity index (χ1n) is 14.1. The molecule has 4 aromatic rings. The van der Waals surface area contributed by atoms with E-state index in [-0.39, 0.29) is 42.2 Å². The fraction of sp³-hybridized carbons (Fsp3) is 0.375. The number of aromatic nitrogens is 2. The van der Waals surface area contributed by atoms with Crippen LogP contribution in [-0.2, 0) is 40.6 Å². The molecule has 5 rings (SSSR count). The number of carbonyl (C=O) groups excluding carboxylic acids is 2. The summed E-state index contributed by atoms with van der Waals surface area (Å²) in [6, 6.07) is 13.9. The van der Waals surface area contributed by atoms with Gasteiger partial charge in [-0.15, -0.1) is 36.2 Å². The summed E-state index contributed by atoms with van der Waals surface area (Å²) >= 11 is 1.46. The molecular weight excluding hydrogens is 621 g/mol. The number of rotatable bonds is 10. The molecule has 0 atom stereocenters. The first kappa shape index (κ1) is 35.2. The van der Waals surface area contributed by atoms with Gasteiger partial charge in [0.15, 0.2) is 0 Å². The second kappa shape index (κ2) is 14.7. The Morgan fingerprint density at radius 2 is 1.77 bits per heavy atom. The maximum absolute atomic E-state index is 13.4. The molecule has 1 aliphatic rings. The zero-order valence-corrected chi connectivity index (χ0v) is 28.1. The van der Waals surface area contributed by atoms with Gasteiger partial charge in [0, 0.05) is 59.3 Å². The molecule has 0 N–H and O–H groups in total. The first-order valence-corrected chi connectivity index (χ1v) is 15.0. The number of amides is 2. The van der Waals surface area contributed by atoms with E-state index in [1.165, 1.54) is 11.3 Å². The van der Waals surface area contributed by atoms with Crippen molar-refractivity contribution in [3.05, 3.63) is 87.4 Å². The second-order valence-corrected chi connectivity index (χ2v) is 12.1. The number of fused-ring (bicyclic) bond motifs is 2. The molecule has 0 spiro atoms. The lowest BCUT2D eigenvalue weighted by atomic mass is 9.90. The van der Waals surface area contributed by atoms with Gasteiger partial charge in [-0.25, -0.2) is 0 Å². The molecule has 0 unspecified atom stereocenters. The SMILES string of the molecule is CCN1C(=O)C(C)(C)C(=O)N(C)c2cc(CN(CCn3ccc4ccsc4c3=O)Cc3cccnc3COC)ccc21.Cl.Cl. The van der Waals surface area contributed by atoms with Crippen molar-refractivity contribution in [1.82, 2.24) is 14.5 Å². The number of halogens is 2. The summed E-state index contributed by atoms with van der Waals surface area (Å²) in [7, 11) is 3.39. The summed E-state index contributed by atoms with van der Waals surface area (Å²) in [5, 5.41) is 2.90. The second-order valence-electron chi connectivity index (χ2n) is 11.1. The van der Waals surface area contributed by atoms with Gasteiger partial charge in [-0.2, -0.15) is 0 Å². The predicted molar refractivity (Wildman–Crippen MR) is 181 cm³/mol. The third-order valence-electron chi connectivity index (χ3n) is 7.93. The van der Waals surface area contributed by atoms with E-state index in [1.807, 2.05) is 54.9 Å². The molecule has 236 valence electrons. The predicted octanol–water partition coefficient (Wildman–Crippen LogP) is 5.51. The number of thiophene rings is 1. The van der Waals surface area contributed by atoms with E-state index in [2.05, 4.69) is 16.0 Å². The zero-order valence-electron chi connectivity index (χ0n) is 25.6. The van der Waals surface area contributed by atoms with Crippen LogP contribution >= 0.6 is 36.2 Å². The van der Waals surface area contributed by atoms with Crippen molar-refractivity contribution in [2.45, 2.75) is 47.0 Å². The Balaban J connectivity index is 0.00000264. The number of nitrogens with zero attached hydrogens (tertiary/aromatic N) is 5. The molecule has 3 aromatic heterocycles. The lowest BCUT2D eigenvalue weighted by molar-refractivity contribution is -0.137. The molecule has 1 aromatic carbocycles.